The lowest BCUT2D eigenvalue weighted by Gasteiger charge is -2.48. The Morgan fingerprint density at radius 3 is 2.58 bits per heavy atom. The smallest absolute Gasteiger partial charge is 0.240 e. The topological polar surface area (TPSA) is 48.6 Å². The summed E-state index contributed by atoms with van der Waals surface area (Å²) in [4.78, 5) is 11.6. The highest BCUT2D eigenvalue weighted by Gasteiger charge is 2.34. The molecule has 1 aromatic rings. The van der Waals surface area contributed by atoms with Crippen LogP contribution in [0.15, 0.2) is 10.9 Å². The molecule has 0 atom stereocenters. The van der Waals surface area contributed by atoms with E-state index in [4.69, 9.17) is 4.52 Å². The van der Waals surface area contributed by atoms with Gasteiger partial charge in [-0.15, -0.1) is 0 Å². The van der Waals surface area contributed by atoms with Gasteiger partial charge in [0, 0.05) is 51.4 Å². The summed E-state index contributed by atoms with van der Waals surface area (Å²) < 4.78 is 5.04. The molecule has 0 radical (unpaired) electrons. The Hall–Kier alpha value is -0.980. The summed E-state index contributed by atoms with van der Waals surface area (Å²) in [6.07, 6.45) is 1.47. The van der Waals surface area contributed by atoms with E-state index in [1.54, 1.807) is 0 Å². The Morgan fingerprint density at radius 2 is 2.00 bits per heavy atom. The van der Waals surface area contributed by atoms with Crippen LogP contribution in [0.25, 0.3) is 0 Å². The first-order valence-electron chi connectivity index (χ1n) is 7.18. The van der Waals surface area contributed by atoms with Gasteiger partial charge in [-0.25, -0.2) is 0 Å². The molecular formula is C13H23N5O. The Kier molecular flexibility index (Phi) is 3.81. The monoisotopic (exact) mass is 265 g/mol. The summed E-state index contributed by atoms with van der Waals surface area (Å²) in [6, 6.07) is 1.40. The number of piperazine rings is 1. The summed E-state index contributed by atoms with van der Waals surface area (Å²) >= 11 is 0. The van der Waals surface area contributed by atoms with Crippen molar-refractivity contribution in [2.45, 2.75) is 32.5 Å². The lowest BCUT2D eigenvalue weighted by atomic mass is 10.1. The van der Waals surface area contributed by atoms with E-state index in [-0.39, 0.29) is 0 Å². The molecule has 2 aliphatic heterocycles. The van der Waals surface area contributed by atoms with Gasteiger partial charge in [-0.05, 0) is 13.8 Å². The van der Waals surface area contributed by atoms with Crippen LogP contribution >= 0.6 is 0 Å². The number of rotatable bonds is 4. The van der Waals surface area contributed by atoms with Gasteiger partial charge in [-0.1, -0.05) is 5.16 Å². The summed E-state index contributed by atoms with van der Waals surface area (Å²) in [5.74, 6) is 0.725. The van der Waals surface area contributed by atoms with E-state index < -0.39 is 0 Å². The zero-order valence-corrected chi connectivity index (χ0v) is 11.8. The lowest BCUT2D eigenvalue weighted by molar-refractivity contribution is -0.00792. The number of hydrogen-bond donors (Lipinski definition) is 0. The molecule has 0 unspecified atom stereocenters. The predicted molar refractivity (Wildman–Crippen MR) is 71.6 cm³/mol. The third-order valence-electron chi connectivity index (χ3n) is 4.30. The Morgan fingerprint density at radius 1 is 1.26 bits per heavy atom. The number of likely N-dealkylation sites (tertiary alicyclic amines) is 1. The van der Waals surface area contributed by atoms with Crippen LogP contribution in [0.1, 0.15) is 19.7 Å². The second-order valence-corrected chi connectivity index (χ2v) is 5.85. The van der Waals surface area contributed by atoms with Crippen molar-refractivity contribution in [3.8, 4) is 0 Å². The van der Waals surface area contributed by atoms with Crippen LogP contribution in [-0.4, -0.2) is 76.2 Å². The van der Waals surface area contributed by atoms with Gasteiger partial charge in [-0.2, -0.15) is 4.98 Å². The van der Waals surface area contributed by atoms with Crippen LogP contribution < -0.4 is 0 Å². The maximum Gasteiger partial charge on any atom is 0.240 e. The fourth-order valence-electron chi connectivity index (χ4n) is 2.98. The average molecular weight is 265 g/mol. The van der Waals surface area contributed by atoms with Gasteiger partial charge in [0.25, 0.3) is 0 Å². The third kappa shape index (κ3) is 2.96. The number of aromatic nitrogens is 2. The molecule has 0 aromatic carbocycles. The van der Waals surface area contributed by atoms with E-state index in [1.165, 1.54) is 32.5 Å². The van der Waals surface area contributed by atoms with E-state index in [1.807, 2.05) is 0 Å². The first-order valence-corrected chi connectivity index (χ1v) is 7.18. The molecular weight excluding hydrogens is 242 g/mol. The molecule has 0 spiro atoms. The van der Waals surface area contributed by atoms with Crippen molar-refractivity contribution in [1.29, 1.82) is 0 Å². The molecule has 0 aliphatic carbocycles. The molecule has 3 rings (SSSR count). The highest BCUT2D eigenvalue weighted by Crippen LogP contribution is 2.19. The van der Waals surface area contributed by atoms with E-state index >= 15 is 0 Å². The molecule has 6 nitrogen and oxygen atoms in total. The fraction of sp³-hybridized carbons (Fsp3) is 0.846. The van der Waals surface area contributed by atoms with E-state index in [0.717, 1.165) is 31.6 Å². The molecule has 2 aliphatic rings. The summed E-state index contributed by atoms with van der Waals surface area (Å²) in [6.45, 7) is 12.4. The lowest BCUT2D eigenvalue weighted by Crippen LogP contribution is -2.63. The molecule has 1 aromatic heterocycles. The summed E-state index contributed by atoms with van der Waals surface area (Å²) in [5.41, 5.74) is 0. The van der Waals surface area contributed by atoms with Gasteiger partial charge in [0.05, 0.1) is 6.54 Å². The van der Waals surface area contributed by atoms with Crippen molar-refractivity contribution in [3.05, 3.63) is 12.2 Å². The molecule has 2 fully saturated rings. The maximum atomic E-state index is 5.04. The summed E-state index contributed by atoms with van der Waals surface area (Å²) in [7, 11) is 0. The standard InChI is InChI=1S/C13H23N5O/c1-11(2)17-3-5-18(6-4-17)12-7-16(8-12)9-13-14-10-15-19-13/h10-12H,3-9H2,1-2H3. The zero-order valence-electron chi connectivity index (χ0n) is 11.8. The largest absolute Gasteiger partial charge is 0.338 e. The molecule has 2 saturated heterocycles. The molecule has 3 heterocycles. The van der Waals surface area contributed by atoms with Crippen LogP contribution in [0.3, 0.4) is 0 Å². The fourth-order valence-corrected chi connectivity index (χ4v) is 2.98. The first-order chi connectivity index (χ1) is 9.22. The molecule has 0 N–H and O–H groups in total. The van der Waals surface area contributed by atoms with Gasteiger partial charge < -0.3 is 4.52 Å². The second-order valence-electron chi connectivity index (χ2n) is 5.85. The van der Waals surface area contributed by atoms with Crippen LogP contribution in [0.2, 0.25) is 0 Å². The van der Waals surface area contributed by atoms with Crippen LogP contribution in [0.5, 0.6) is 0 Å². The van der Waals surface area contributed by atoms with Gasteiger partial charge in [0.2, 0.25) is 5.89 Å². The highest BCUT2D eigenvalue weighted by molar-refractivity contribution is 4.92. The van der Waals surface area contributed by atoms with Crippen molar-refractivity contribution in [3.63, 3.8) is 0 Å². The molecule has 19 heavy (non-hydrogen) atoms. The van der Waals surface area contributed by atoms with E-state index in [9.17, 15) is 0 Å². The summed E-state index contributed by atoms with van der Waals surface area (Å²) in [5, 5.41) is 3.64. The molecule has 0 saturated carbocycles. The van der Waals surface area contributed by atoms with Gasteiger partial charge in [0.15, 0.2) is 6.33 Å². The van der Waals surface area contributed by atoms with Crippen molar-refractivity contribution < 1.29 is 4.52 Å². The number of nitrogens with zero attached hydrogens (tertiary/aromatic N) is 5. The van der Waals surface area contributed by atoms with Gasteiger partial charge in [0.1, 0.15) is 0 Å². The third-order valence-corrected chi connectivity index (χ3v) is 4.30. The number of hydrogen-bond acceptors (Lipinski definition) is 6. The Labute approximate surface area is 114 Å². The predicted octanol–water partition coefficient (Wildman–Crippen LogP) is 0.280. The van der Waals surface area contributed by atoms with Crippen LogP contribution in [0, 0.1) is 0 Å². The minimum absolute atomic E-state index is 0.678. The van der Waals surface area contributed by atoms with Crippen molar-refractivity contribution in [1.82, 2.24) is 24.8 Å². The van der Waals surface area contributed by atoms with Crippen LogP contribution in [-0.2, 0) is 6.54 Å². The van der Waals surface area contributed by atoms with Crippen molar-refractivity contribution >= 4 is 0 Å². The highest BCUT2D eigenvalue weighted by atomic mass is 16.5. The van der Waals surface area contributed by atoms with E-state index in [0.29, 0.717) is 6.04 Å². The second kappa shape index (κ2) is 5.56. The zero-order chi connectivity index (χ0) is 13.2. The van der Waals surface area contributed by atoms with Crippen LogP contribution in [0.4, 0.5) is 0 Å². The minimum atomic E-state index is 0.678. The SMILES string of the molecule is CC(C)N1CCN(C2CN(Cc3ncno3)C2)CC1. The van der Waals surface area contributed by atoms with Crippen molar-refractivity contribution in [2.75, 3.05) is 39.3 Å². The Balaban J connectivity index is 1.40. The molecule has 0 amide bonds. The molecule has 106 valence electrons. The quantitative estimate of drug-likeness (QED) is 0.779. The van der Waals surface area contributed by atoms with Gasteiger partial charge in [-0.3, -0.25) is 14.7 Å². The van der Waals surface area contributed by atoms with Crippen molar-refractivity contribution in [2.24, 2.45) is 0 Å². The maximum absolute atomic E-state index is 5.04. The normalized spacial score (nSPS) is 23.9. The minimum Gasteiger partial charge on any atom is -0.338 e. The van der Waals surface area contributed by atoms with Gasteiger partial charge >= 0.3 is 0 Å². The van der Waals surface area contributed by atoms with E-state index in [2.05, 4.69) is 38.7 Å². The average Bonchev–Trinajstić information content (AvgIpc) is 2.86. The molecule has 0 bridgehead atoms. The first kappa shape index (κ1) is 13.0. The Bertz CT molecular complexity index is 380. The molecule has 6 heteroatoms.